The van der Waals surface area contributed by atoms with Gasteiger partial charge in [-0.3, -0.25) is 4.79 Å². The molecule has 1 unspecified atom stereocenters. The van der Waals surface area contributed by atoms with E-state index >= 15 is 0 Å². The average molecular weight is 356 g/mol. The number of carbonyl (C=O) groups is 1. The van der Waals surface area contributed by atoms with Gasteiger partial charge in [0.05, 0.1) is 5.56 Å². The van der Waals surface area contributed by atoms with Gasteiger partial charge in [-0.05, 0) is 50.0 Å². The molecule has 4 rings (SSSR count). The largest absolute Gasteiger partial charge is 0.338 e. The van der Waals surface area contributed by atoms with Crippen LogP contribution >= 0.6 is 11.8 Å². The van der Waals surface area contributed by atoms with Crippen molar-refractivity contribution in [3.8, 4) is 0 Å². The number of hydrogen-bond donors (Lipinski definition) is 0. The van der Waals surface area contributed by atoms with Gasteiger partial charge < -0.3 is 9.47 Å². The van der Waals surface area contributed by atoms with Crippen molar-refractivity contribution in [1.82, 2.24) is 14.5 Å². The minimum atomic E-state index is 0.162. The molecule has 1 aliphatic heterocycles. The molecule has 1 aromatic carbocycles. The van der Waals surface area contributed by atoms with Crippen LogP contribution in [0.15, 0.2) is 41.6 Å². The molecule has 1 saturated carbocycles. The van der Waals surface area contributed by atoms with Crippen molar-refractivity contribution in [3.05, 3.63) is 48.0 Å². The van der Waals surface area contributed by atoms with E-state index in [0.29, 0.717) is 5.92 Å². The van der Waals surface area contributed by atoms with Crippen molar-refractivity contribution >= 4 is 17.7 Å². The number of rotatable bonds is 5. The molecule has 5 heteroatoms. The van der Waals surface area contributed by atoms with Gasteiger partial charge in [-0.2, -0.15) is 0 Å². The average Bonchev–Trinajstić information content (AvgIpc) is 3.36. The van der Waals surface area contributed by atoms with E-state index in [1.807, 2.05) is 41.6 Å². The van der Waals surface area contributed by atoms with Crippen LogP contribution in [0.4, 0.5) is 0 Å². The van der Waals surface area contributed by atoms with Gasteiger partial charge in [0.1, 0.15) is 5.82 Å². The van der Waals surface area contributed by atoms with E-state index in [4.69, 9.17) is 0 Å². The van der Waals surface area contributed by atoms with E-state index in [0.717, 1.165) is 48.9 Å². The maximum absolute atomic E-state index is 13.1. The minimum Gasteiger partial charge on any atom is -0.338 e. The zero-order chi connectivity index (χ0) is 17.2. The first-order valence-corrected chi connectivity index (χ1v) is 10.4. The van der Waals surface area contributed by atoms with Crippen LogP contribution in [0.5, 0.6) is 0 Å². The molecule has 1 amide bonds. The SMILES string of the molecule is CSc1ccccc1C(=O)N1CCCC(c2nccn2CC2CC2)C1. The van der Waals surface area contributed by atoms with Crippen LogP contribution < -0.4 is 0 Å². The number of piperidine rings is 1. The molecule has 2 aromatic rings. The highest BCUT2D eigenvalue weighted by atomic mass is 32.2. The van der Waals surface area contributed by atoms with E-state index in [1.165, 1.54) is 18.7 Å². The molecule has 4 nitrogen and oxygen atoms in total. The van der Waals surface area contributed by atoms with Crippen LogP contribution in [-0.2, 0) is 6.54 Å². The summed E-state index contributed by atoms with van der Waals surface area (Å²) in [5.41, 5.74) is 0.831. The third-order valence-corrected chi connectivity index (χ3v) is 6.11. The first-order chi connectivity index (χ1) is 12.3. The van der Waals surface area contributed by atoms with Crippen molar-refractivity contribution < 1.29 is 4.79 Å². The van der Waals surface area contributed by atoms with Crippen LogP contribution in [0.2, 0.25) is 0 Å². The van der Waals surface area contributed by atoms with Crippen LogP contribution in [0.3, 0.4) is 0 Å². The highest BCUT2D eigenvalue weighted by Gasteiger charge is 2.30. The molecule has 2 heterocycles. The lowest BCUT2D eigenvalue weighted by Gasteiger charge is -2.33. The van der Waals surface area contributed by atoms with Gasteiger partial charge in [0.25, 0.3) is 5.91 Å². The molecule has 25 heavy (non-hydrogen) atoms. The van der Waals surface area contributed by atoms with Gasteiger partial charge in [-0.1, -0.05) is 12.1 Å². The Bertz CT molecular complexity index is 753. The molecule has 0 radical (unpaired) electrons. The topological polar surface area (TPSA) is 38.1 Å². The predicted molar refractivity (Wildman–Crippen MR) is 101 cm³/mol. The Morgan fingerprint density at radius 1 is 1.28 bits per heavy atom. The van der Waals surface area contributed by atoms with Gasteiger partial charge in [0.2, 0.25) is 0 Å². The summed E-state index contributed by atoms with van der Waals surface area (Å²) in [5, 5.41) is 0. The minimum absolute atomic E-state index is 0.162. The number of amides is 1. The Labute approximate surface area is 153 Å². The van der Waals surface area contributed by atoms with Crippen LogP contribution in [0.25, 0.3) is 0 Å². The van der Waals surface area contributed by atoms with Crippen molar-refractivity contribution in [2.24, 2.45) is 5.92 Å². The lowest BCUT2D eigenvalue weighted by atomic mass is 9.96. The summed E-state index contributed by atoms with van der Waals surface area (Å²) in [6.45, 7) is 2.72. The maximum Gasteiger partial charge on any atom is 0.255 e. The summed E-state index contributed by atoms with van der Waals surface area (Å²) < 4.78 is 2.33. The maximum atomic E-state index is 13.1. The highest BCUT2D eigenvalue weighted by molar-refractivity contribution is 7.98. The summed E-state index contributed by atoms with van der Waals surface area (Å²) >= 11 is 1.64. The number of hydrogen-bond acceptors (Lipinski definition) is 3. The van der Waals surface area contributed by atoms with E-state index in [9.17, 15) is 4.79 Å². The normalized spacial score (nSPS) is 20.7. The highest BCUT2D eigenvalue weighted by Crippen LogP contribution is 2.33. The fraction of sp³-hybridized carbons (Fsp3) is 0.500. The molecule has 1 atom stereocenters. The van der Waals surface area contributed by atoms with Crippen LogP contribution in [0, 0.1) is 5.92 Å². The number of thioether (sulfide) groups is 1. The second-order valence-corrected chi connectivity index (χ2v) is 8.02. The molecule has 2 aliphatic rings. The number of benzene rings is 1. The number of nitrogens with zero attached hydrogens (tertiary/aromatic N) is 3. The molecule has 2 fully saturated rings. The summed E-state index contributed by atoms with van der Waals surface area (Å²) in [5.74, 6) is 2.52. The molecule has 0 N–H and O–H groups in total. The third-order valence-electron chi connectivity index (χ3n) is 5.31. The number of likely N-dealkylation sites (tertiary alicyclic amines) is 1. The fourth-order valence-corrected chi connectivity index (χ4v) is 4.37. The van der Waals surface area contributed by atoms with Gasteiger partial charge in [-0.25, -0.2) is 4.98 Å². The van der Waals surface area contributed by atoms with Gasteiger partial charge in [0.15, 0.2) is 0 Å². The van der Waals surface area contributed by atoms with Gasteiger partial charge >= 0.3 is 0 Å². The Balaban J connectivity index is 1.51. The number of aromatic nitrogens is 2. The number of imidazole rings is 1. The zero-order valence-electron chi connectivity index (χ0n) is 14.7. The van der Waals surface area contributed by atoms with Crippen LogP contribution in [-0.4, -0.2) is 39.7 Å². The zero-order valence-corrected chi connectivity index (χ0v) is 15.5. The van der Waals surface area contributed by atoms with Gasteiger partial charge in [0, 0.05) is 42.8 Å². The first kappa shape index (κ1) is 16.7. The van der Waals surface area contributed by atoms with Crippen molar-refractivity contribution in [1.29, 1.82) is 0 Å². The van der Waals surface area contributed by atoms with E-state index in [2.05, 4.69) is 15.7 Å². The van der Waals surface area contributed by atoms with Crippen molar-refractivity contribution in [2.45, 2.75) is 43.0 Å². The summed E-state index contributed by atoms with van der Waals surface area (Å²) in [4.78, 5) is 20.8. The Morgan fingerprint density at radius 2 is 2.12 bits per heavy atom. The number of carbonyl (C=O) groups excluding carboxylic acids is 1. The second-order valence-electron chi connectivity index (χ2n) is 7.17. The standard InChI is InChI=1S/C20H25N3OS/c1-25-18-7-3-2-6-17(18)20(24)23-11-4-5-16(14-23)19-21-10-12-22(19)13-15-8-9-15/h2-3,6-7,10,12,15-16H,4-5,8-9,11,13-14H2,1H3. The Hall–Kier alpha value is -1.75. The first-order valence-electron chi connectivity index (χ1n) is 9.19. The van der Waals surface area contributed by atoms with Crippen LogP contribution in [0.1, 0.15) is 47.8 Å². The summed E-state index contributed by atoms with van der Waals surface area (Å²) in [6, 6.07) is 7.93. The van der Waals surface area contributed by atoms with E-state index in [-0.39, 0.29) is 5.91 Å². The smallest absolute Gasteiger partial charge is 0.255 e. The monoisotopic (exact) mass is 355 g/mol. The molecule has 132 valence electrons. The van der Waals surface area contributed by atoms with Crippen molar-refractivity contribution in [3.63, 3.8) is 0 Å². The Morgan fingerprint density at radius 3 is 2.92 bits per heavy atom. The third kappa shape index (κ3) is 3.61. The molecular formula is C20H25N3OS. The Kier molecular flexibility index (Phi) is 4.84. The van der Waals surface area contributed by atoms with Crippen molar-refractivity contribution in [2.75, 3.05) is 19.3 Å². The lowest BCUT2D eigenvalue weighted by Crippen LogP contribution is -2.40. The molecule has 1 saturated heterocycles. The predicted octanol–water partition coefficient (Wildman–Crippen LogP) is 4.03. The molecule has 0 spiro atoms. The quantitative estimate of drug-likeness (QED) is 0.760. The van der Waals surface area contributed by atoms with Gasteiger partial charge in [-0.15, -0.1) is 11.8 Å². The summed E-state index contributed by atoms with van der Waals surface area (Å²) in [7, 11) is 0. The fourth-order valence-electron chi connectivity index (χ4n) is 3.78. The lowest BCUT2D eigenvalue weighted by molar-refractivity contribution is 0.0699. The molecular weight excluding hydrogens is 330 g/mol. The second kappa shape index (κ2) is 7.24. The molecule has 1 aliphatic carbocycles. The summed E-state index contributed by atoms with van der Waals surface area (Å²) in [6.07, 6.45) is 10.9. The van der Waals surface area contributed by atoms with E-state index in [1.54, 1.807) is 11.8 Å². The van der Waals surface area contributed by atoms with E-state index < -0.39 is 0 Å². The molecule has 0 bridgehead atoms. The molecule has 1 aromatic heterocycles.